The molecule has 178 valence electrons. The number of unbranched alkanes of at least 4 members (excludes halogenated alkanes) is 10. The highest BCUT2D eigenvalue weighted by Crippen LogP contribution is 2.21. The summed E-state index contributed by atoms with van der Waals surface area (Å²) in [6.07, 6.45) is 17.8. The number of alkyl halides is 1. The van der Waals surface area contributed by atoms with Crippen LogP contribution in [0.4, 0.5) is 4.39 Å². The molecule has 0 fully saturated rings. The second-order valence-corrected chi connectivity index (χ2v) is 9.06. The van der Waals surface area contributed by atoms with Gasteiger partial charge in [-0.3, -0.25) is 4.98 Å². The monoisotopic (exact) mass is 441 g/mol. The maximum Gasteiger partial charge on any atom is 0.137 e. The molecule has 1 heterocycles. The Bertz CT molecular complexity index is 698. The van der Waals surface area contributed by atoms with E-state index in [9.17, 15) is 4.39 Å². The minimum absolute atomic E-state index is 0.112. The standard InChI is InChI=1S/C29H44FNO/c1-3-5-7-9-10-11-12-13-15-25-17-19-26(20-18-25)29-22-21-28(23-31-29)32-24-27(30)16-14-8-6-4-2/h17-23,27H,3-16,24H2,1-2H3. The van der Waals surface area contributed by atoms with E-state index in [4.69, 9.17) is 4.74 Å². The Morgan fingerprint density at radius 1 is 0.750 bits per heavy atom. The van der Waals surface area contributed by atoms with Crippen LogP contribution in [0.25, 0.3) is 11.3 Å². The Morgan fingerprint density at radius 3 is 2.00 bits per heavy atom. The van der Waals surface area contributed by atoms with Gasteiger partial charge in [-0.2, -0.15) is 0 Å². The first kappa shape index (κ1) is 26.4. The predicted molar refractivity (Wildman–Crippen MR) is 135 cm³/mol. The van der Waals surface area contributed by atoms with E-state index in [-0.39, 0.29) is 6.61 Å². The lowest BCUT2D eigenvalue weighted by atomic mass is 10.0. The van der Waals surface area contributed by atoms with Crippen molar-refractivity contribution in [2.45, 2.75) is 110 Å². The summed E-state index contributed by atoms with van der Waals surface area (Å²) in [4.78, 5) is 4.51. The van der Waals surface area contributed by atoms with Gasteiger partial charge in [0, 0.05) is 5.56 Å². The van der Waals surface area contributed by atoms with Crippen molar-refractivity contribution in [3.63, 3.8) is 0 Å². The molecule has 2 aromatic rings. The van der Waals surface area contributed by atoms with Gasteiger partial charge in [-0.1, -0.05) is 109 Å². The number of nitrogens with zero attached hydrogens (tertiary/aromatic N) is 1. The zero-order valence-corrected chi connectivity index (χ0v) is 20.5. The third kappa shape index (κ3) is 11.1. The van der Waals surface area contributed by atoms with E-state index >= 15 is 0 Å². The molecule has 2 nitrogen and oxygen atoms in total. The van der Waals surface area contributed by atoms with Gasteiger partial charge in [-0.05, 0) is 37.0 Å². The summed E-state index contributed by atoms with van der Waals surface area (Å²) in [5.41, 5.74) is 3.43. The first-order valence-electron chi connectivity index (χ1n) is 13.0. The zero-order valence-electron chi connectivity index (χ0n) is 20.5. The van der Waals surface area contributed by atoms with Crippen molar-refractivity contribution in [2.75, 3.05) is 6.61 Å². The highest BCUT2D eigenvalue weighted by molar-refractivity contribution is 5.59. The average Bonchev–Trinajstić information content (AvgIpc) is 2.83. The number of hydrogen-bond donors (Lipinski definition) is 0. The summed E-state index contributed by atoms with van der Waals surface area (Å²) in [7, 11) is 0. The van der Waals surface area contributed by atoms with E-state index in [0.717, 1.165) is 30.5 Å². The number of rotatable bonds is 18. The molecule has 0 saturated heterocycles. The average molecular weight is 442 g/mol. The summed E-state index contributed by atoms with van der Waals surface area (Å²) >= 11 is 0. The molecule has 0 spiro atoms. The molecule has 0 amide bonds. The molecule has 1 aromatic carbocycles. The second kappa shape index (κ2) is 16.7. The lowest BCUT2D eigenvalue weighted by Crippen LogP contribution is -2.12. The Balaban J connectivity index is 1.67. The maximum absolute atomic E-state index is 13.9. The molecular formula is C29H44FNO. The molecule has 0 aliphatic heterocycles. The zero-order chi connectivity index (χ0) is 22.9. The summed E-state index contributed by atoms with van der Waals surface area (Å²) in [5.74, 6) is 0.635. The van der Waals surface area contributed by atoms with E-state index in [1.807, 2.05) is 12.1 Å². The fourth-order valence-corrected chi connectivity index (χ4v) is 4.00. The second-order valence-electron chi connectivity index (χ2n) is 9.06. The van der Waals surface area contributed by atoms with Gasteiger partial charge in [0.25, 0.3) is 0 Å². The quantitative estimate of drug-likeness (QED) is 0.215. The fraction of sp³-hybridized carbons (Fsp3) is 0.621. The van der Waals surface area contributed by atoms with Gasteiger partial charge in [-0.15, -0.1) is 0 Å². The normalized spacial score (nSPS) is 12.1. The molecule has 0 radical (unpaired) electrons. The van der Waals surface area contributed by atoms with Crippen molar-refractivity contribution in [3.05, 3.63) is 48.2 Å². The van der Waals surface area contributed by atoms with Gasteiger partial charge in [0.05, 0.1) is 11.9 Å². The topological polar surface area (TPSA) is 22.1 Å². The van der Waals surface area contributed by atoms with Gasteiger partial charge in [-0.25, -0.2) is 4.39 Å². The molecule has 0 aliphatic rings. The van der Waals surface area contributed by atoms with E-state index in [1.54, 1.807) is 6.20 Å². The van der Waals surface area contributed by atoms with Crippen LogP contribution in [0.1, 0.15) is 103 Å². The fourth-order valence-electron chi connectivity index (χ4n) is 4.00. The maximum atomic E-state index is 13.9. The number of aryl methyl sites for hydroxylation is 1. The lowest BCUT2D eigenvalue weighted by molar-refractivity contribution is 0.183. The molecular weight excluding hydrogens is 397 g/mol. The van der Waals surface area contributed by atoms with Crippen molar-refractivity contribution in [3.8, 4) is 17.0 Å². The number of pyridine rings is 1. The third-order valence-corrected chi connectivity index (χ3v) is 6.11. The lowest BCUT2D eigenvalue weighted by Gasteiger charge is -2.11. The predicted octanol–water partition coefficient (Wildman–Crippen LogP) is 9.12. The minimum atomic E-state index is -0.903. The summed E-state index contributed by atoms with van der Waals surface area (Å²) < 4.78 is 19.5. The molecule has 0 saturated carbocycles. The van der Waals surface area contributed by atoms with E-state index in [0.29, 0.717) is 12.2 Å². The van der Waals surface area contributed by atoms with Crippen molar-refractivity contribution >= 4 is 0 Å². The molecule has 32 heavy (non-hydrogen) atoms. The smallest absolute Gasteiger partial charge is 0.137 e. The number of halogens is 1. The summed E-state index contributed by atoms with van der Waals surface area (Å²) in [6.45, 7) is 4.55. The number of hydrogen-bond acceptors (Lipinski definition) is 2. The van der Waals surface area contributed by atoms with Gasteiger partial charge in [0.1, 0.15) is 18.5 Å². The van der Waals surface area contributed by atoms with Crippen molar-refractivity contribution in [2.24, 2.45) is 0 Å². The molecule has 1 unspecified atom stereocenters. The Kier molecular flexibility index (Phi) is 13.7. The van der Waals surface area contributed by atoms with Gasteiger partial charge < -0.3 is 4.74 Å². The van der Waals surface area contributed by atoms with Gasteiger partial charge >= 0.3 is 0 Å². The Hall–Kier alpha value is -1.90. The van der Waals surface area contributed by atoms with Crippen LogP contribution in [-0.4, -0.2) is 17.8 Å². The van der Waals surface area contributed by atoms with Crippen LogP contribution < -0.4 is 4.74 Å². The molecule has 0 N–H and O–H groups in total. The molecule has 3 heteroatoms. The van der Waals surface area contributed by atoms with Gasteiger partial charge in [0.2, 0.25) is 0 Å². The summed E-state index contributed by atoms with van der Waals surface area (Å²) in [6, 6.07) is 12.6. The SMILES string of the molecule is CCCCCCCCCCc1ccc(-c2ccc(OCC(F)CCCCCC)cn2)cc1. The van der Waals surface area contributed by atoms with Crippen LogP contribution in [-0.2, 0) is 6.42 Å². The van der Waals surface area contributed by atoms with E-state index in [1.165, 1.54) is 69.8 Å². The number of benzene rings is 1. The molecule has 1 aromatic heterocycles. The summed E-state index contributed by atoms with van der Waals surface area (Å²) in [5, 5.41) is 0. The van der Waals surface area contributed by atoms with Crippen LogP contribution in [0.2, 0.25) is 0 Å². The third-order valence-electron chi connectivity index (χ3n) is 6.11. The van der Waals surface area contributed by atoms with E-state index in [2.05, 4.69) is 43.1 Å². The molecule has 0 bridgehead atoms. The van der Waals surface area contributed by atoms with Crippen molar-refractivity contribution < 1.29 is 9.13 Å². The Labute approximate surface area is 196 Å². The van der Waals surface area contributed by atoms with E-state index < -0.39 is 6.17 Å². The molecule has 1 atom stereocenters. The van der Waals surface area contributed by atoms with Crippen LogP contribution in [0.5, 0.6) is 5.75 Å². The van der Waals surface area contributed by atoms with Crippen LogP contribution in [0.3, 0.4) is 0 Å². The first-order chi connectivity index (χ1) is 15.7. The number of aromatic nitrogens is 1. The highest BCUT2D eigenvalue weighted by atomic mass is 19.1. The van der Waals surface area contributed by atoms with Crippen molar-refractivity contribution in [1.82, 2.24) is 4.98 Å². The van der Waals surface area contributed by atoms with Crippen molar-refractivity contribution in [1.29, 1.82) is 0 Å². The molecule has 0 aliphatic carbocycles. The van der Waals surface area contributed by atoms with Gasteiger partial charge in [0.15, 0.2) is 0 Å². The molecule has 2 rings (SSSR count). The number of ether oxygens (including phenoxy) is 1. The Morgan fingerprint density at radius 2 is 1.38 bits per heavy atom. The first-order valence-corrected chi connectivity index (χ1v) is 13.0. The van der Waals surface area contributed by atoms with Crippen LogP contribution in [0, 0.1) is 0 Å². The largest absolute Gasteiger partial charge is 0.489 e. The highest BCUT2D eigenvalue weighted by Gasteiger charge is 2.08. The minimum Gasteiger partial charge on any atom is -0.489 e. The van der Waals surface area contributed by atoms with Crippen LogP contribution in [0.15, 0.2) is 42.6 Å². The van der Waals surface area contributed by atoms with Crippen LogP contribution >= 0.6 is 0 Å².